The van der Waals surface area contributed by atoms with Gasteiger partial charge in [0.15, 0.2) is 0 Å². The number of ether oxygens (including phenoxy) is 1. The highest BCUT2D eigenvalue weighted by atomic mass is 32.2. The maximum atomic E-state index is 12.6. The number of rotatable bonds is 11. The van der Waals surface area contributed by atoms with Crippen LogP contribution in [0, 0.1) is 13.8 Å². The number of aryl methyl sites for hydroxylation is 3. The second-order valence-electron chi connectivity index (χ2n) is 7.59. The number of anilines is 1. The smallest absolute Gasteiger partial charge is 0.240 e. The largest absolute Gasteiger partial charge is 0.382 e. The molecule has 0 fully saturated rings. The van der Waals surface area contributed by atoms with E-state index in [0.29, 0.717) is 31.3 Å². The molecule has 0 aliphatic rings. The van der Waals surface area contributed by atoms with Gasteiger partial charge in [-0.3, -0.25) is 10.1 Å². The van der Waals surface area contributed by atoms with Gasteiger partial charge in [-0.15, -0.1) is 0 Å². The van der Waals surface area contributed by atoms with Gasteiger partial charge in [-0.05, 0) is 56.5 Å². The van der Waals surface area contributed by atoms with Gasteiger partial charge >= 0.3 is 0 Å². The Hall–Kier alpha value is -2.75. The summed E-state index contributed by atoms with van der Waals surface area (Å²) in [4.78, 5) is 17.3. The fourth-order valence-corrected chi connectivity index (χ4v) is 4.79. The van der Waals surface area contributed by atoms with Crippen LogP contribution in [-0.4, -0.2) is 43.6 Å². The molecule has 32 heavy (non-hydrogen) atoms. The molecular formula is C23H30N4O4S. The summed E-state index contributed by atoms with van der Waals surface area (Å²) in [5.41, 5.74) is 3.23. The highest BCUT2D eigenvalue weighted by molar-refractivity contribution is 7.89. The lowest BCUT2D eigenvalue weighted by atomic mass is 10.2. The van der Waals surface area contributed by atoms with Crippen LogP contribution in [0.15, 0.2) is 47.4 Å². The van der Waals surface area contributed by atoms with Crippen molar-refractivity contribution in [1.29, 1.82) is 0 Å². The van der Waals surface area contributed by atoms with Crippen molar-refractivity contribution in [2.24, 2.45) is 0 Å². The number of nitrogens with one attached hydrogen (secondary N) is 2. The molecule has 0 radical (unpaired) electrons. The number of fused-ring (bicyclic) bond motifs is 1. The van der Waals surface area contributed by atoms with Crippen molar-refractivity contribution in [3.05, 3.63) is 53.6 Å². The molecule has 1 amide bonds. The first-order valence-corrected chi connectivity index (χ1v) is 12.2. The fourth-order valence-electron chi connectivity index (χ4n) is 3.43. The lowest BCUT2D eigenvalue weighted by Gasteiger charge is -2.11. The normalized spacial score (nSPS) is 11.7. The van der Waals surface area contributed by atoms with Crippen LogP contribution >= 0.6 is 0 Å². The van der Waals surface area contributed by atoms with E-state index in [9.17, 15) is 13.2 Å². The zero-order valence-electron chi connectivity index (χ0n) is 18.7. The summed E-state index contributed by atoms with van der Waals surface area (Å²) in [6, 6.07) is 12.9. The molecule has 3 aromatic rings. The van der Waals surface area contributed by atoms with E-state index in [1.165, 1.54) is 0 Å². The molecule has 1 heterocycles. The standard InChI is InChI=1S/C23H30N4O4S/c1-4-31-15-7-14-27-20-9-6-5-8-19(20)25-23(27)26-22(28)12-13-24-32(29,30)21-16-17(2)10-11-18(21)3/h5-6,8-11,16,24H,4,7,12-15H2,1-3H3,(H,25,26,28). The molecule has 0 aliphatic carbocycles. The van der Waals surface area contributed by atoms with E-state index in [-0.39, 0.29) is 23.8 Å². The van der Waals surface area contributed by atoms with Crippen molar-refractivity contribution in [1.82, 2.24) is 14.3 Å². The average molecular weight is 459 g/mol. The zero-order valence-corrected chi connectivity index (χ0v) is 19.5. The summed E-state index contributed by atoms with van der Waals surface area (Å²) in [6.45, 7) is 7.46. The van der Waals surface area contributed by atoms with Gasteiger partial charge in [0.2, 0.25) is 21.9 Å². The maximum absolute atomic E-state index is 12.6. The quantitative estimate of drug-likeness (QED) is 0.429. The zero-order chi connectivity index (χ0) is 23.1. The minimum absolute atomic E-state index is 0.00769. The topological polar surface area (TPSA) is 102 Å². The lowest BCUT2D eigenvalue weighted by molar-refractivity contribution is -0.116. The predicted octanol–water partition coefficient (Wildman–Crippen LogP) is 3.39. The van der Waals surface area contributed by atoms with Crippen LogP contribution in [0.1, 0.15) is 30.9 Å². The number of para-hydroxylation sites is 2. The van der Waals surface area contributed by atoms with Crippen LogP contribution in [0.4, 0.5) is 5.95 Å². The van der Waals surface area contributed by atoms with E-state index in [1.54, 1.807) is 19.1 Å². The SMILES string of the molecule is CCOCCCn1c(NC(=O)CCNS(=O)(=O)c2cc(C)ccc2C)nc2ccccc21. The van der Waals surface area contributed by atoms with E-state index < -0.39 is 10.0 Å². The van der Waals surface area contributed by atoms with E-state index in [1.807, 2.05) is 48.7 Å². The predicted molar refractivity (Wildman–Crippen MR) is 125 cm³/mol. The highest BCUT2D eigenvalue weighted by Crippen LogP contribution is 2.20. The van der Waals surface area contributed by atoms with Crippen molar-refractivity contribution in [2.45, 2.75) is 45.1 Å². The van der Waals surface area contributed by atoms with Crippen LogP contribution in [0.2, 0.25) is 0 Å². The Labute approximate surface area is 189 Å². The molecule has 3 rings (SSSR count). The summed E-state index contributed by atoms with van der Waals surface area (Å²) in [7, 11) is -3.69. The van der Waals surface area contributed by atoms with Crippen molar-refractivity contribution in [2.75, 3.05) is 25.1 Å². The molecule has 0 unspecified atom stereocenters. The van der Waals surface area contributed by atoms with Crippen LogP contribution < -0.4 is 10.0 Å². The second kappa shape index (κ2) is 10.7. The van der Waals surface area contributed by atoms with Gasteiger partial charge in [-0.25, -0.2) is 18.1 Å². The molecule has 8 nitrogen and oxygen atoms in total. The van der Waals surface area contributed by atoms with E-state index in [2.05, 4.69) is 15.0 Å². The van der Waals surface area contributed by atoms with Crippen molar-refractivity contribution >= 4 is 32.9 Å². The van der Waals surface area contributed by atoms with Crippen LogP contribution in [0.5, 0.6) is 0 Å². The molecule has 9 heteroatoms. The number of hydrogen-bond acceptors (Lipinski definition) is 5. The summed E-state index contributed by atoms with van der Waals surface area (Å²) < 4.78 is 35.1. The minimum Gasteiger partial charge on any atom is -0.382 e. The molecule has 2 aromatic carbocycles. The number of sulfonamides is 1. The summed E-state index contributed by atoms with van der Waals surface area (Å²) >= 11 is 0. The van der Waals surface area contributed by atoms with Gasteiger partial charge in [0.05, 0.1) is 15.9 Å². The maximum Gasteiger partial charge on any atom is 0.240 e. The van der Waals surface area contributed by atoms with E-state index in [4.69, 9.17) is 4.74 Å². The van der Waals surface area contributed by atoms with Gasteiger partial charge in [-0.2, -0.15) is 0 Å². The molecular weight excluding hydrogens is 428 g/mol. The molecule has 0 bridgehead atoms. The van der Waals surface area contributed by atoms with Crippen molar-refractivity contribution in [3.8, 4) is 0 Å². The molecule has 0 saturated carbocycles. The Morgan fingerprint density at radius 3 is 2.72 bits per heavy atom. The molecule has 1 aromatic heterocycles. The third-order valence-electron chi connectivity index (χ3n) is 5.06. The Kier molecular flexibility index (Phi) is 8.00. The molecule has 0 spiro atoms. The van der Waals surface area contributed by atoms with E-state index >= 15 is 0 Å². The number of benzene rings is 2. The van der Waals surface area contributed by atoms with Gasteiger partial charge < -0.3 is 9.30 Å². The second-order valence-corrected chi connectivity index (χ2v) is 9.33. The van der Waals surface area contributed by atoms with Crippen LogP contribution in [0.25, 0.3) is 11.0 Å². The summed E-state index contributed by atoms with van der Waals surface area (Å²) in [5, 5.41) is 2.82. The van der Waals surface area contributed by atoms with Gasteiger partial charge in [0, 0.05) is 32.7 Å². The minimum atomic E-state index is -3.69. The number of hydrogen-bond donors (Lipinski definition) is 2. The molecule has 0 atom stereocenters. The Morgan fingerprint density at radius 1 is 1.16 bits per heavy atom. The van der Waals surface area contributed by atoms with E-state index in [0.717, 1.165) is 23.0 Å². The third-order valence-corrected chi connectivity index (χ3v) is 6.66. The monoisotopic (exact) mass is 458 g/mol. The molecule has 172 valence electrons. The first-order valence-electron chi connectivity index (χ1n) is 10.7. The number of imidazole rings is 1. The number of carbonyl (C=O) groups excluding carboxylic acids is 1. The van der Waals surface area contributed by atoms with Crippen molar-refractivity contribution in [3.63, 3.8) is 0 Å². The Morgan fingerprint density at radius 2 is 1.94 bits per heavy atom. The highest BCUT2D eigenvalue weighted by Gasteiger charge is 2.18. The third kappa shape index (κ3) is 5.93. The summed E-state index contributed by atoms with van der Waals surface area (Å²) in [5.74, 6) is 0.139. The lowest BCUT2D eigenvalue weighted by Crippen LogP contribution is -2.28. The first-order chi connectivity index (χ1) is 15.3. The Bertz CT molecular complexity index is 1190. The van der Waals surface area contributed by atoms with Crippen LogP contribution in [0.3, 0.4) is 0 Å². The number of amides is 1. The number of aromatic nitrogens is 2. The average Bonchev–Trinajstić information content (AvgIpc) is 3.09. The van der Waals surface area contributed by atoms with Gasteiger partial charge in [0.1, 0.15) is 0 Å². The fraction of sp³-hybridized carbons (Fsp3) is 0.391. The molecule has 0 aliphatic heterocycles. The number of carbonyl (C=O) groups is 1. The molecule has 2 N–H and O–H groups in total. The summed E-state index contributed by atoms with van der Waals surface area (Å²) in [6.07, 6.45) is 0.777. The number of nitrogens with zero attached hydrogens (tertiary/aromatic N) is 2. The molecule has 0 saturated heterocycles. The van der Waals surface area contributed by atoms with Crippen molar-refractivity contribution < 1.29 is 17.9 Å². The van der Waals surface area contributed by atoms with Gasteiger partial charge in [0.25, 0.3) is 0 Å². The first kappa shape index (κ1) is 23.9. The van der Waals surface area contributed by atoms with Crippen LogP contribution in [-0.2, 0) is 26.1 Å². The van der Waals surface area contributed by atoms with Gasteiger partial charge in [-0.1, -0.05) is 24.3 Å². The Balaban J connectivity index is 1.64.